The van der Waals surface area contributed by atoms with Gasteiger partial charge in [-0.25, -0.2) is 0 Å². The predicted molar refractivity (Wildman–Crippen MR) is 128 cm³/mol. The first-order chi connectivity index (χ1) is 15.7. The van der Waals surface area contributed by atoms with E-state index >= 15 is 0 Å². The van der Waals surface area contributed by atoms with E-state index in [4.69, 9.17) is 4.42 Å². The number of likely N-dealkylation sites (tertiary alicyclic amines) is 1. The van der Waals surface area contributed by atoms with Gasteiger partial charge in [-0.05, 0) is 69.0 Å². The molecule has 0 radical (unpaired) electrons. The van der Waals surface area contributed by atoms with Crippen LogP contribution in [-0.2, 0) is 11.3 Å². The van der Waals surface area contributed by atoms with Crippen LogP contribution < -0.4 is 10.2 Å². The molecule has 6 heteroatoms. The molecule has 5 rings (SSSR count). The van der Waals surface area contributed by atoms with Crippen LogP contribution in [0.1, 0.15) is 44.6 Å². The fourth-order valence-corrected chi connectivity index (χ4v) is 4.89. The van der Waals surface area contributed by atoms with Gasteiger partial charge in [-0.1, -0.05) is 30.7 Å². The number of amides is 1. The van der Waals surface area contributed by atoms with Gasteiger partial charge in [0, 0.05) is 37.3 Å². The van der Waals surface area contributed by atoms with E-state index in [1.54, 1.807) is 0 Å². The molecule has 0 saturated carbocycles. The number of oxazole rings is 1. The number of aromatic nitrogens is 1. The van der Waals surface area contributed by atoms with Crippen molar-refractivity contribution < 1.29 is 9.21 Å². The zero-order chi connectivity index (χ0) is 21.9. The number of rotatable bonds is 5. The number of piperidine rings is 2. The molecule has 3 aromatic rings. The number of carbonyl (C=O) groups is 1. The Hall–Kier alpha value is -2.86. The molecule has 2 aliphatic heterocycles. The minimum atomic E-state index is 0.0181. The maximum Gasteiger partial charge on any atom is 0.298 e. The molecule has 2 aliphatic rings. The highest BCUT2D eigenvalue weighted by Crippen LogP contribution is 2.27. The van der Waals surface area contributed by atoms with Crippen LogP contribution in [0, 0.1) is 5.92 Å². The summed E-state index contributed by atoms with van der Waals surface area (Å²) >= 11 is 0. The quantitative estimate of drug-likeness (QED) is 0.611. The summed E-state index contributed by atoms with van der Waals surface area (Å²) in [6.07, 6.45) is 5.53. The highest BCUT2D eigenvalue weighted by molar-refractivity contribution is 5.92. The van der Waals surface area contributed by atoms with E-state index in [0.717, 1.165) is 49.3 Å². The summed E-state index contributed by atoms with van der Waals surface area (Å²) in [5.74, 6) is 0.129. The Balaban J connectivity index is 1.13. The summed E-state index contributed by atoms with van der Waals surface area (Å²) in [6.45, 7) is 6.05. The van der Waals surface area contributed by atoms with Crippen LogP contribution >= 0.6 is 0 Å². The average Bonchev–Trinajstić information content (AvgIpc) is 3.26. The lowest BCUT2D eigenvalue weighted by Gasteiger charge is -2.33. The lowest BCUT2D eigenvalue weighted by Crippen LogP contribution is -2.38. The first kappa shape index (κ1) is 21.0. The molecule has 2 fully saturated rings. The van der Waals surface area contributed by atoms with Gasteiger partial charge in [-0.3, -0.25) is 9.69 Å². The van der Waals surface area contributed by atoms with Crippen LogP contribution in [0.15, 0.2) is 52.9 Å². The summed E-state index contributed by atoms with van der Waals surface area (Å²) in [5, 5.41) is 3.12. The molecule has 1 amide bonds. The second-order valence-electron chi connectivity index (χ2n) is 9.23. The number of benzene rings is 2. The van der Waals surface area contributed by atoms with Gasteiger partial charge < -0.3 is 14.6 Å². The zero-order valence-electron chi connectivity index (χ0n) is 18.8. The van der Waals surface area contributed by atoms with Crippen LogP contribution in [0.25, 0.3) is 11.1 Å². The number of nitrogens with zero attached hydrogens (tertiary/aromatic N) is 3. The summed E-state index contributed by atoms with van der Waals surface area (Å²) < 4.78 is 5.88. The van der Waals surface area contributed by atoms with Gasteiger partial charge in [0.05, 0.1) is 0 Å². The van der Waals surface area contributed by atoms with E-state index in [2.05, 4.69) is 39.2 Å². The second-order valence-corrected chi connectivity index (χ2v) is 9.23. The van der Waals surface area contributed by atoms with E-state index in [9.17, 15) is 4.79 Å². The highest BCUT2D eigenvalue weighted by atomic mass is 16.4. The molecule has 2 saturated heterocycles. The van der Waals surface area contributed by atoms with Gasteiger partial charge in [-0.2, -0.15) is 4.98 Å². The van der Waals surface area contributed by atoms with E-state index in [1.165, 1.54) is 31.4 Å². The first-order valence-corrected chi connectivity index (χ1v) is 11.9. The standard InChI is InChI=1S/C26H32N4O2/c1-19-6-4-5-15-30(19)18-20-9-11-22(12-10-20)27-25(31)21-13-16-29(17-14-21)26-28-23-7-2-3-8-24(23)32-26/h2-3,7-12,19,21H,4-6,13-18H2,1H3,(H,27,31)/t19-/m1/s1. The number of hydrogen-bond donors (Lipinski definition) is 1. The van der Waals surface area contributed by atoms with E-state index < -0.39 is 0 Å². The normalized spacial score (nSPS) is 20.5. The monoisotopic (exact) mass is 432 g/mol. The van der Waals surface area contributed by atoms with Gasteiger partial charge in [0.25, 0.3) is 6.01 Å². The smallest absolute Gasteiger partial charge is 0.298 e. The molecule has 0 spiro atoms. The van der Waals surface area contributed by atoms with Crippen molar-refractivity contribution in [3.8, 4) is 0 Å². The number of carbonyl (C=O) groups excluding carboxylic acids is 1. The summed E-state index contributed by atoms with van der Waals surface area (Å²) in [5.41, 5.74) is 3.87. The number of hydrogen-bond acceptors (Lipinski definition) is 5. The molecule has 6 nitrogen and oxygen atoms in total. The van der Waals surface area contributed by atoms with E-state index in [-0.39, 0.29) is 11.8 Å². The van der Waals surface area contributed by atoms with Gasteiger partial charge in [0.2, 0.25) is 5.91 Å². The fraction of sp³-hybridized carbons (Fsp3) is 0.462. The van der Waals surface area contributed by atoms with Crippen molar-refractivity contribution in [2.45, 2.75) is 51.6 Å². The van der Waals surface area contributed by atoms with Gasteiger partial charge in [-0.15, -0.1) is 0 Å². The third-order valence-electron chi connectivity index (χ3n) is 6.97. The molecular weight excluding hydrogens is 400 g/mol. The third kappa shape index (κ3) is 4.65. The molecule has 0 unspecified atom stereocenters. The maximum atomic E-state index is 12.8. The van der Waals surface area contributed by atoms with Crippen LogP contribution in [-0.4, -0.2) is 41.5 Å². The minimum absolute atomic E-state index is 0.0181. The number of para-hydroxylation sites is 2. The number of anilines is 2. The maximum absolute atomic E-state index is 12.8. The largest absolute Gasteiger partial charge is 0.423 e. The molecule has 3 heterocycles. The first-order valence-electron chi connectivity index (χ1n) is 11.9. The molecule has 1 N–H and O–H groups in total. The molecule has 0 bridgehead atoms. The molecule has 2 aromatic carbocycles. The predicted octanol–water partition coefficient (Wildman–Crippen LogP) is 5.06. The van der Waals surface area contributed by atoms with Crippen LogP contribution in [0.5, 0.6) is 0 Å². The van der Waals surface area contributed by atoms with Crippen molar-refractivity contribution in [3.63, 3.8) is 0 Å². The zero-order valence-corrected chi connectivity index (χ0v) is 18.8. The molecular formula is C26H32N4O2. The van der Waals surface area contributed by atoms with Crippen molar-refractivity contribution in [3.05, 3.63) is 54.1 Å². The SMILES string of the molecule is C[C@@H]1CCCCN1Cc1ccc(NC(=O)C2CCN(c3nc4ccccc4o3)CC2)cc1. The van der Waals surface area contributed by atoms with Crippen molar-refractivity contribution in [2.24, 2.45) is 5.92 Å². The Morgan fingerprint density at radius 2 is 1.81 bits per heavy atom. The molecule has 1 aromatic heterocycles. The third-order valence-corrected chi connectivity index (χ3v) is 6.97. The Morgan fingerprint density at radius 3 is 2.56 bits per heavy atom. The Morgan fingerprint density at radius 1 is 1.03 bits per heavy atom. The van der Waals surface area contributed by atoms with Gasteiger partial charge in [0.15, 0.2) is 5.58 Å². The number of fused-ring (bicyclic) bond motifs is 1. The topological polar surface area (TPSA) is 61.6 Å². The second kappa shape index (κ2) is 9.33. The lowest BCUT2D eigenvalue weighted by molar-refractivity contribution is -0.120. The van der Waals surface area contributed by atoms with Crippen molar-refractivity contribution in [2.75, 3.05) is 29.9 Å². The Bertz CT molecular complexity index is 1020. The van der Waals surface area contributed by atoms with Crippen molar-refractivity contribution in [1.82, 2.24) is 9.88 Å². The fourth-order valence-electron chi connectivity index (χ4n) is 4.89. The summed E-state index contributed by atoms with van der Waals surface area (Å²) in [4.78, 5) is 22.1. The summed E-state index contributed by atoms with van der Waals surface area (Å²) in [6, 6.07) is 17.5. The van der Waals surface area contributed by atoms with Crippen LogP contribution in [0.4, 0.5) is 11.7 Å². The molecule has 32 heavy (non-hydrogen) atoms. The van der Waals surface area contributed by atoms with Crippen LogP contribution in [0.2, 0.25) is 0 Å². The summed E-state index contributed by atoms with van der Waals surface area (Å²) in [7, 11) is 0. The van der Waals surface area contributed by atoms with Crippen molar-refractivity contribution in [1.29, 1.82) is 0 Å². The van der Waals surface area contributed by atoms with Crippen LogP contribution in [0.3, 0.4) is 0 Å². The molecule has 0 aliphatic carbocycles. The van der Waals surface area contributed by atoms with E-state index in [1.807, 2.05) is 36.4 Å². The average molecular weight is 433 g/mol. The number of nitrogens with one attached hydrogen (secondary N) is 1. The molecule has 168 valence electrons. The molecule has 1 atom stereocenters. The van der Waals surface area contributed by atoms with Gasteiger partial charge >= 0.3 is 0 Å². The highest BCUT2D eigenvalue weighted by Gasteiger charge is 2.27. The lowest BCUT2D eigenvalue weighted by atomic mass is 9.96. The minimum Gasteiger partial charge on any atom is -0.423 e. The Labute approximate surface area is 189 Å². The Kier molecular flexibility index (Phi) is 6.12. The van der Waals surface area contributed by atoms with E-state index in [0.29, 0.717) is 12.1 Å². The van der Waals surface area contributed by atoms with Gasteiger partial charge in [0.1, 0.15) is 5.52 Å². The van der Waals surface area contributed by atoms with Crippen molar-refractivity contribution >= 4 is 28.7 Å².